The molecule has 8 nitrogen and oxygen atoms in total. The lowest BCUT2D eigenvalue weighted by Gasteiger charge is -2.40. The van der Waals surface area contributed by atoms with Crippen LogP contribution in [0.5, 0.6) is 0 Å². The largest absolute Gasteiger partial charge is 0.360 e. The molecule has 9 heteroatoms. The monoisotopic (exact) mass is 328 g/mol. The molecule has 0 amide bonds. The van der Waals surface area contributed by atoms with Crippen LogP contribution in [0.3, 0.4) is 0 Å². The molecule has 118 valence electrons. The zero-order valence-electron chi connectivity index (χ0n) is 12.5. The smallest absolute Gasteiger partial charge is 0.205 e. The topological polar surface area (TPSA) is 84.1 Å². The van der Waals surface area contributed by atoms with Gasteiger partial charge in [-0.1, -0.05) is 11.3 Å². The molecule has 1 saturated carbocycles. The number of nitrogens with one attached hydrogen (secondary N) is 1. The number of rotatable bonds is 5. The molecule has 2 aliphatic rings. The molecule has 1 N–H and O–H groups in total. The first kappa shape index (κ1) is 13.2. The van der Waals surface area contributed by atoms with E-state index in [4.69, 9.17) is 5.10 Å². The Labute approximate surface area is 136 Å². The second-order valence-corrected chi connectivity index (χ2v) is 7.02. The first-order chi connectivity index (χ1) is 11.4. The lowest BCUT2D eigenvalue weighted by Crippen LogP contribution is -2.50. The summed E-state index contributed by atoms with van der Waals surface area (Å²) in [7, 11) is 0. The number of fused-ring (bicyclic) bond motifs is 1. The van der Waals surface area contributed by atoms with Crippen LogP contribution in [0.1, 0.15) is 24.6 Å². The quantitative estimate of drug-likeness (QED) is 0.758. The second-order valence-electron chi connectivity index (χ2n) is 6.19. The van der Waals surface area contributed by atoms with Gasteiger partial charge in [-0.15, -0.1) is 25.5 Å². The fraction of sp³-hybridized carbons (Fsp3) is 0.500. The Hall–Kier alpha value is -2.29. The van der Waals surface area contributed by atoms with E-state index in [1.54, 1.807) is 5.51 Å². The molecule has 3 aromatic rings. The summed E-state index contributed by atoms with van der Waals surface area (Å²) < 4.78 is 1.92. The molecule has 4 heterocycles. The fourth-order valence-corrected chi connectivity index (χ4v) is 3.38. The van der Waals surface area contributed by atoms with Gasteiger partial charge in [0.15, 0.2) is 11.5 Å². The van der Waals surface area contributed by atoms with Gasteiger partial charge in [0.05, 0.1) is 0 Å². The maximum Gasteiger partial charge on any atom is 0.205 e. The number of nitrogens with zero attached hydrogens (tertiary/aromatic N) is 7. The minimum Gasteiger partial charge on any atom is -0.360 e. The minimum absolute atomic E-state index is 0.549. The van der Waals surface area contributed by atoms with E-state index in [0.29, 0.717) is 11.8 Å². The van der Waals surface area contributed by atoms with E-state index in [9.17, 15) is 0 Å². The number of aromatic nitrogens is 6. The van der Waals surface area contributed by atoms with Gasteiger partial charge in [-0.3, -0.25) is 0 Å². The molecular weight excluding hydrogens is 312 g/mol. The zero-order valence-corrected chi connectivity index (χ0v) is 13.3. The summed E-state index contributed by atoms with van der Waals surface area (Å²) >= 11 is 1.53. The van der Waals surface area contributed by atoms with Crippen molar-refractivity contribution in [2.45, 2.75) is 18.8 Å². The first-order valence-electron chi connectivity index (χ1n) is 7.84. The third-order valence-electron chi connectivity index (χ3n) is 4.40. The number of hydrogen-bond acceptors (Lipinski definition) is 8. The van der Waals surface area contributed by atoms with Crippen molar-refractivity contribution >= 4 is 27.9 Å². The number of hydrogen-bond donors (Lipinski definition) is 1. The van der Waals surface area contributed by atoms with Crippen molar-refractivity contribution in [1.29, 1.82) is 0 Å². The molecule has 0 spiro atoms. The Morgan fingerprint density at radius 1 is 1.17 bits per heavy atom. The van der Waals surface area contributed by atoms with Crippen LogP contribution in [-0.2, 0) is 0 Å². The Morgan fingerprint density at radius 3 is 2.87 bits per heavy atom. The van der Waals surface area contributed by atoms with Crippen LogP contribution in [0.25, 0.3) is 5.65 Å². The summed E-state index contributed by atoms with van der Waals surface area (Å²) in [6.45, 7) is 2.93. The molecular formula is C14H16N8S. The van der Waals surface area contributed by atoms with Gasteiger partial charge in [0.1, 0.15) is 11.3 Å². The summed E-state index contributed by atoms with van der Waals surface area (Å²) in [6, 6.07) is 4.04. The Bertz CT molecular complexity index is 819. The van der Waals surface area contributed by atoms with Crippen molar-refractivity contribution < 1.29 is 0 Å². The molecule has 23 heavy (non-hydrogen) atoms. The molecule has 0 radical (unpaired) electrons. The molecule has 0 bridgehead atoms. The highest BCUT2D eigenvalue weighted by molar-refractivity contribution is 7.13. The summed E-state index contributed by atoms with van der Waals surface area (Å²) in [4.78, 5) is 2.29. The van der Waals surface area contributed by atoms with E-state index in [1.807, 2.05) is 16.6 Å². The van der Waals surface area contributed by atoms with Crippen LogP contribution in [0.4, 0.5) is 10.9 Å². The predicted molar refractivity (Wildman–Crippen MR) is 86.9 cm³/mol. The van der Waals surface area contributed by atoms with E-state index >= 15 is 0 Å². The highest BCUT2D eigenvalue weighted by Gasteiger charge is 2.31. The summed E-state index contributed by atoms with van der Waals surface area (Å²) in [6.07, 6.45) is 2.41. The molecule has 3 aromatic heterocycles. The Balaban J connectivity index is 1.26. The maximum atomic E-state index is 4.74. The molecule has 0 unspecified atom stereocenters. The van der Waals surface area contributed by atoms with Crippen LogP contribution in [0, 0.1) is 5.92 Å². The van der Waals surface area contributed by atoms with E-state index < -0.39 is 0 Å². The lowest BCUT2D eigenvalue weighted by molar-refractivity contribution is 0.424. The Morgan fingerprint density at radius 2 is 2.09 bits per heavy atom. The van der Waals surface area contributed by atoms with Gasteiger partial charge in [0, 0.05) is 31.5 Å². The van der Waals surface area contributed by atoms with Gasteiger partial charge in [-0.25, -0.2) is 0 Å². The van der Waals surface area contributed by atoms with E-state index in [1.165, 1.54) is 24.2 Å². The minimum atomic E-state index is 0.549. The van der Waals surface area contributed by atoms with Crippen LogP contribution >= 0.6 is 11.3 Å². The van der Waals surface area contributed by atoms with Crippen molar-refractivity contribution in [3.63, 3.8) is 0 Å². The van der Waals surface area contributed by atoms with Crippen molar-refractivity contribution in [1.82, 2.24) is 30.0 Å². The SMILES string of the molecule is c1nnc(NCC2CN(c3ccc4nnc(C5CC5)n4n3)C2)s1. The molecule has 1 saturated heterocycles. The van der Waals surface area contributed by atoms with E-state index in [2.05, 4.69) is 30.6 Å². The zero-order chi connectivity index (χ0) is 15.2. The first-order valence-corrected chi connectivity index (χ1v) is 8.72. The highest BCUT2D eigenvalue weighted by atomic mass is 32.1. The van der Waals surface area contributed by atoms with Crippen molar-refractivity contribution in [2.75, 3.05) is 29.9 Å². The average Bonchev–Trinajstić information content (AvgIpc) is 3.08. The average molecular weight is 328 g/mol. The molecule has 0 atom stereocenters. The second kappa shape index (κ2) is 5.12. The molecule has 5 rings (SSSR count). The molecule has 0 aromatic carbocycles. The van der Waals surface area contributed by atoms with Gasteiger partial charge < -0.3 is 10.2 Å². The Kier molecular flexibility index (Phi) is 2.93. The lowest BCUT2D eigenvalue weighted by atomic mass is 10.0. The van der Waals surface area contributed by atoms with Crippen molar-refractivity contribution in [2.24, 2.45) is 5.92 Å². The summed E-state index contributed by atoms with van der Waals surface area (Å²) in [5.41, 5.74) is 2.58. The van der Waals surface area contributed by atoms with Gasteiger partial charge in [0.25, 0.3) is 0 Å². The van der Waals surface area contributed by atoms with Crippen LogP contribution in [-0.4, -0.2) is 49.6 Å². The standard InChI is InChI=1S/C14H16N8S/c1-2-10(1)13-18-17-11-3-4-12(20-22(11)13)21-6-9(7-21)5-15-14-19-16-8-23-14/h3-4,8-10H,1-2,5-7H2,(H,15,19). The van der Waals surface area contributed by atoms with Crippen LogP contribution < -0.4 is 10.2 Å². The third kappa shape index (κ3) is 2.40. The molecule has 2 fully saturated rings. The van der Waals surface area contributed by atoms with Crippen molar-refractivity contribution in [3.05, 3.63) is 23.5 Å². The summed E-state index contributed by atoms with van der Waals surface area (Å²) in [5, 5.41) is 25.3. The third-order valence-corrected chi connectivity index (χ3v) is 5.05. The van der Waals surface area contributed by atoms with Gasteiger partial charge in [-0.05, 0) is 25.0 Å². The molecule has 1 aliphatic carbocycles. The maximum absolute atomic E-state index is 4.74. The number of anilines is 2. The predicted octanol–water partition coefficient (Wildman–Crippen LogP) is 1.40. The van der Waals surface area contributed by atoms with E-state index in [0.717, 1.165) is 42.1 Å². The van der Waals surface area contributed by atoms with Gasteiger partial charge in [-0.2, -0.15) is 4.52 Å². The van der Waals surface area contributed by atoms with Crippen molar-refractivity contribution in [3.8, 4) is 0 Å². The van der Waals surface area contributed by atoms with Crippen LogP contribution in [0.2, 0.25) is 0 Å². The van der Waals surface area contributed by atoms with Gasteiger partial charge >= 0.3 is 0 Å². The summed E-state index contributed by atoms with van der Waals surface area (Å²) in [5.74, 6) is 3.18. The fourth-order valence-electron chi connectivity index (χ4n) is 2.93. The van der Waals surface area contributed by atoms with E-state index in [-0.39, 0.29) is 0 Å². The highest BCUT2D eigenvalue weighted by Crippen LogP contribution is 2.38. The van der Waals surface area contributed by atoms with Gasteiger partial charge in [0.2, 0.25) is 5.13 Å². The van der Waals surface area contributed by atoms with Crippen LogP contribution in [0.15, 0.2) is 17.6 Å². The molecule has 1 aliphatic heterocycles. The normalized spacial score (nSPS) is 18.3.